The van der Waals surface area contributed by atoms with Gasteiger partial charge in [0.1, 0.15) is 11.4 Å². The largest absolute Gasteiger partial charge is 0.444 e. The van der Waals surface area contributed by atoms with Gasteiger partial charge in [0, 0.05) is 25.6 Å². The zero-order valence-corrected chi connectivity index (χ0v) is 16.5. The summed E-state index contributed by atoms with van der Waals surface area (Å²) in [5.74, 6) is -5.40. The van der Waals surface area contributed by atoms with Crippen molar-refractivity contribution >= 4 is 17.8 Å². The number of rotatable bonds is 2. The Hall–Kier alpha value is -3.04. The standard InChI is InChI=1S/C19H21F3N4O3/c1-19(2,3)29-18(28)26-8-7-13-11(9-26)16(25(4)24-13)23-17(27)10-5-6-12(20)15(22)14(10)21/h5-6H,7-9H2,1-4H3,(H,23,27). The lowest BCUT2D eigenvalue weighted by Crippen LogP contribution is -2.40. The highest BCUT2D eigenvalue weighted by Gasteiger charge is 2.30. The molecule has 0 atom stereocenters. The minimum atomic E-state index is -1.72. The van der Waals surface area contributed by atoms with Crippen molar-refractivity contribution in [1.29, 1.82) is 0 Å². The van der Waals surface area contributed by atoms with Gasteiger partial charge in [0.05, 0.1) is 17.8 Å². The van der Waals surface area contributed by atoms with E-state index in [1.165, 1.54) is 9.58 Å². The zero-order chi connectivity index (χ0) is 21.5. The maximum absolute atomic E-state index is 13.9. The van der Waals surface area contributed by atoms with Crippen LogP contribution in [0.5, 0.6) is 0 Å². The van der Waals surface area contributed by atoms with Gasteiger partial charge >= 0.3 is 6.09 Å². The molecule has 0 spiro atoms. The highest BCUT2D eigenvalue weighted by Crippen LogP contribution is 2.28. The van der Waals surface area contributed by atoms with Gasteiger partial charge in [0.25, 0.3) is 5.91 Å². The summed E-state index contributed by atoms with van der Waals surface area (Å²) in [4.78, 5) is 26.3. The summed E-state index contributed by atoms with van der Waals surface area (Å²) in [5.41, 5.74) is -0.0546. The third-order valence-electron chi connectivity index (χ3n) is 4.36. The number of ether oxygens (including phenoxy) is 1. The van der Waals surface area contributed by atoms with E-state index >= 15 is 0 Å². The Balaban J connectivity index is 1.84. The van der Waals surface area contributed by atoms with Crippen LogP contribution < -0.4 is 5.32 Å². The monoisotopic (exact) mass is 410 g/mol. The van der Waals surface area contributed by atoms with Crippen molar-refractivity contribution in [3.8, 4) is 0 Å². The normalized spacial score (nSPS) is 13.8. The van der Waals surface area contributed by atoms with Crippen LogP contribution in [0.1, 0.15) is 42.4 Å². The number of nitrogens with zero attached hydrogens (tertiary/aromatic N) is 3. The molecule has 1 aromatic heterocycles. The molecule has 0 unspecified atom stereocenters. The molecule has 1 aliphatic heterocycles. The molecular formula is C19H21F3N4O3. The second-order valence-corrected chi connectivity index (χ2v) is 7.73. The molecule has 0 saturated carbocycles. The lowest BCUT2D eigenvalue weighted by molar-refractivity contribution is 0.0224. The van der Waals surface area contributed by atoms with Gasteiger partial charge in [0.2, 0.25) is 0 Å². The van der Waals surface area contributed by atoms with Crippen LogP contribution in [0.3, 0.4) is 0 Å². The first-order valence-electron chi connectivity index (χ1n) is 8.95. The first kappa shape index (κ1) is 20.7. The smallest absolute Gasteiger partial charge is 0.410 e. The Morgan fingerprint density at radius 2 is 1.86 bits per heavy atom. The van der Waals surface area contributed by atoms with Crippen molar-refractivity contribution in [2.24, 2.45) is 7.05 Å². The molecule has 0 bridgehead atoms. The van der Waals surface area contributed by atoms with E-state index in [9.17, 15) is 22.8 Å². The lowest BCUT2D eigenvalue weighted by atomic mass is 10.1. The van der Waals surface area contributed by atoms with Crippen LogP contribution in [-0.2, 0) is 24.8 Å². The summed E-state index contributed by atoms with van der Waals surface area (Å²) < 4.78 is 47.3. The first-order chi connectivity index (χ1) is 13.5. The fraction of sp³-hybridized carbons (Fsp3) is 0.421. The van der Waals surface area contributed by atoms with Crippen molar-refractivity contribution in [1.82, 2.24) is 14.7 Å². The molecule has 7 nitrogen and oxygen atoms in total. The van der Waals surface area contributed by atoms with Crippen LogP contribution in [0.4, 0.5) is 23.8 Å². The summed E-state index contributed by atoms with van der Waals surface area (Å²) in [6.07, 6.45) is -0.0615. The lowest BCUT2D eigenvalue weighted by Gasteiger charge is -2.29. The minimum absolute atomic E-state index is 0.133. The van der Waals surface area contributed by atoms with E-state index in [0.717, 1.165) is 6.07 Å². The number of fused-ring (bicyclic) bond motifs is 1. The molecule has 0 fully saturated rings. The van der Waals surface area contributed by atoms with Gasteiger partial charge in [-0.15, -0.1) is 0 Å². The number of benzene rings is 1. The molecule has 2 aromatic rings. The summed E-state index contributed by atoms with van der Waals surface area (Å²) in [6, 6.07) is 1.54. The minimum Gasteiger partial charge on any atom is -0.444 e. The summed E-state index contributed by atoms with van der Waals surface area (Å²) in [6.45, 7) is 5.79. The molecule has 10 heteroatoms. The van der Waals surface area contributed by atoms with Crippen LogP contribution >= 0.6 is 0 Å². The quantitative estimate of drug-likeness (QED) is 0.770. The average molecular weight is 410 g/mol. The van der Waals surface area contributed by atoms with E-state index in [-0.39, 0.29) is 12.4 Å². The highest BCUT2D eigenvalue weighted by atomic mass is 19.2. The number of hydrogen-bond donors (Lipinski definition) is 1. The van der Waals surface area contributed by atoms with Crippen LogP contribution in [0.25, 0.3) is 0 Å². The molecular weight excluding hydrogens is 389 g/mol. The average Bonchev–Trinajstić information content (AvgIpc) is 2.93. The predicted molar refractivity (Wildman–Crippen MR) is 97.8 cm³/mol. The fourth-order valence-electron chi connectivity index (χ4n) is 3.02. The summed E-state index contributed by atoms with van der Waals surface area (Å²) in [5, 5.41) is 6.80. The number of hydrogen-bond acceptors (Lipinski definition) is 4. The Morgan fingerprint density at radius 1 is 1.17 bits per heavy atom. The molecule has 2 amide bonds. The Kier molecular flexibility index (Phi) is 5.29. The van der Waals surface area contributed by atoms with Gasteiger partial charge in [-0.05, 0) is 32.9 Å². The van der Waals surface area contributed by atoms with E-state index < -0.39 is 40.6 Å². The Morgan fingerprint density at radius 3 is 2.52 bits per heavy atom. The van der Waals surface area contributed by atoms with Gasteiger partial charge in [-0.2, -0.15) is 5.10 Å². The van der Waals surface area contributed by atoms with E-state index in [4.69, 9.17) is 4.74 Å². The predicted octanol–water partition coefficient (Wildman–Crippen LogP) is 3.38. The fourth-order valence-corrected chi connectivity index (χ4v) is 3.02. The van der Waals surface area contributed by atoms with E-state index in [0.29, 0.717) is 30.3 Å². The molecule has 0 radical (unpaired) electrons. The number of halogens is 3. The van der Waals surface area contributed by atoms with Gasteiger partial charge in [0.15, 0.2) is 17.5 Å². The number of nitrogens with one attached hydrogen (secondary N) is 1. The Labute approximate surface area is 165 Å². The molecule has 1 aliphatic rings. The van der Waals surface area contributed by atoms with Crippen molar-refractivity contribution in [3.05, 3.63) is 46.4 Å². The SMILES string of the molecule is Cn1nc2c(c1NC(=O)c1ccc(F)c(F)c1F)CN(C(=O)OC(C)(C)C)CC2. The number of anilines is 1. The van der Waals surface area contributed by atoms with E-state index in [1.54, 1.807) is 27.8 Å². The highest BCUT2D eigenvalue weighted by molar-refractivity contribution is 6.04. The Bertz CT molecular complexity index is 982. The van der Waals surface area contributed by atoms with Crippen LogP contribution in [0, 0.1) is 17.5 Å². The number of aromatic nitrogens is 2. The third-order valence-corrected chi connectivity index (χ3v) is 4.36. The number of carbonyl (C=O) groups is 2. The van der Waals surface area contributed by atoms with Crippen molar-refractivity contribution in [3.63, 3.8) is 0 Å². The summed E-state index contributed by atoms with van der Waals surface area (Å²) in [7, 11) is 1.58. The van der Waals surface area contributed by atoms with Gasteiger partial charge in [-0.25, -0.2) is 18.0 Å². The molecule has 29 heavy (non-hydrogen) atoms. The first-order valence-corrected chi connectivity index (χ1v) is 8.95. The van der Waals surface area contributed by atoms with Crippen molar-refractivity contribution < 1.29 is 27.5 Å². The molecule has 1 N–H and O–H groups in total. The number of amides is 2. The number of aryl methyl sites for hydroxylation is 1. The van der Waals surface area contributed by atoms with Gasteiger partial charge in [-0.1, -0.05) is 0 Å². The molecule has 3 rings (SSSR count). The van der Waals surface area contributed by atoms with Crippen molar-refractivity contribution in [2.75, 3.05) is 11.9 Å². The van der Waals surface area contributed by atoms with Crippen LogP contribution in [-0.4, -0.2) is 38.8 Å². The summed E-state index contributed by atoms with van der Waals surface area (Å²) >= 11 is 0. The molecule has 156 valence electrons. The molecule has 0 saturated heterocycles. The zero-order valence-electron chi connectivity index (χ0n) is 16.5. The molecule has 0 aliphatic carbocycles. The van der Waals surface area contributed by atoms with Gasteiger partial charge < -0.3 is 15.0 Å². The van der Waals surface area contributed by atoms with Crippen molar-refractivity contribution in [2.45, 2.75) is 39.3 Å². The maximum Gasteiger partial charge on any atom is 0.410 e. The van der Waals surface area contributed by atoms with Gasteiger partial charge in [-0.3, -0.25) is 9.48 Å². The van der Waals surface area contributed by atoms with E-state index in [2.05, 4.69) is 10.4 Å². The number of carbonyl (C=O) groups excluding carboxylic acids is 2. The van der Waals surface area contributed by atoms with E-state index in [1.807, 2.05) is 0 Å². The van der Waals surface area contributed by atoms with Crippen LogP contribution in [0.2, 0.25) is 0 Å². The second kappa shape index (κ2) is 7.41. The van der Waals surface area contributed by atoms with Crippen LogP contribution in [0.15, 0.2) is 12.1 Å². The second-order valence-electron chi connectivity index (χ2n) is 7.73. The molecule has 1 aromatic carbocycles. The topological polar surface area (TPSA) is 76.5 Å². The third kappa shape index (κ3) is 4.20. The molecule has 2 heterocycles. The maximum atomic E-state index is 13.9.